The highest BCUT2D eigenvalue weighted by Gasteiger charge is 2.19. The number of aryl methyl sites for hydroxylation is 1. The Balaban J connectivity index is 2.19. The zero-order chi connectivity index (χ0) is 11.8. The topological polar surface area (TPSA) is 56.7 Å². The SMILES string of the molecule is NC(=S)c1cccn1-c1ncnc2c1CCC2. The lowest BCUT2D eigenvalue weighted by Gasteiger charge is -2.10. The molecule has 0 fully saturated rings. The van der Waals surface area contributed by atoms with E-state index in [-0.39, 0.29) is 0 Å². The molecule has 1 aliphatic rings. The average molecular weight is 244 g/mol. The average Bonchev–Trinajstić information content (AvgIpc) is 2.97. The van der Waals surface area contributed by atoms with Crippen LogP contribution in [-0.4, -0.2) is 19.5 Å². The van der Waals surface area contributed by atoms with Crippen LogP contribution in [0.15, 0.2) is 24.7 Å². The van der Waals surface area contributed by atoms with E-state index in [1.807, 2.05) is 22.9 Å². The van der Waals surface area contributed by atoms with E-state index in [0.717, 1.165) is 36.5 Å². The summed E-state index contributed by atoms with van der Waals surface area (Å²) >= 11 is 5.04. The maximum atomic E-state index is 5.71. The van der Waals surface area contributed by atoms with Crippen molar-refractivity contribution in [3.05, 3.63) is 41.6 Å². The minimum absolute atomic E-state index is 0.389. The number of hydrogen-bond acceptors (Lipinski definition) is 3. The van der Waals surface area contributed by atoms with Crippen LogP contribution in [-0.2, 0) is 12.8 Å². The summed E-state index contributed by atoms with van der Waals surface area (Å²) in [4.78, 5) is 9.08. The second-order valence-corrected chi connectivity index (χ2v) is 4.54. The summed E-state index contributed by atoms with van der Waals surface area (Å²) < 4.78 is 1.95. The molecule has 0 aliphatic heterocycles. The van der Waals surface area contributed by atoms with E-state index >= 15 is 0 Å². The molecule has 0 spiro atoms. The van der Waals surface area contributed by atoms with E-state index in [4.69, 9.17) is 18.0 Å². The molecule has 0 saturated heterocycles. The minimum Gasteiger partial charge on any atom is -0.388 e. The molecule has 2 aromatic rings. The van der Waals surface area contributed by atoms with Gasteiger partial charge in [-0.25, -0.2) is 9.97 Å². The van der Waals surface area contributed by atoms with Crippen LogP contribution in [0.1, 0.15) is 23.4 Å². The third-order valence-electron chi connectivity index (χ3n) is 3.08. The van der Waals surface area contributed by atoms with Gasteiger partial charge in [0.25, 0.3) is 0 Å². The lowest BCUT2D eigenvalue weighted by Crippen LogP contribution is -2.16. The standard InChI is InChI=1S/C12H12N4S/c13-11(17)10-5-2-6-16(10)12-8-3-1-4-9(8)14-7-15-12/h2,5-7H,1,3-4H2,(H2,13,17). The summed E-state index contributed by atoms with van der Waals surface area (Å²) in [5, 5.41) is 0. The zero-order valence-corrected chi connectivity index (χ0v) is 10.1. The molecule has 0 radical (unpaired) electrons. The van der Waals surface area contributed by atoms with Gasteiger partial charge in [-0.2, -0.15) is 0 Å². The van der Waals surface area contributed by atoms with Crippen molar-refractivity contribution in [1.29, 1.82) is 0 Å². The Bertz CT molecular complexity index is 588. The van der Waals surface area contributed by atoms with Crippen LogP contribution < -0.4 is 5.73 Å². The van der Waals surface area contributed by atoms with E-state index in [9.17, 15) is 0 Å². The molecule has 2 aromatic heterocycles. The van der Waals surface area contributed by atoms with Gasteiger partial charge in [-0.05, 0) is 31.4 Å². The van der Waals surface area contributed by atoms with Gasteiger partial charge in [-0.15, -0.1) is 0 Å². The fraction of sp³-hybridized carbons (Fsp3) is 0.250. The van der Waals surface area contributed by atoms with Gasteiger partial charge >= 0.3 is 0 Å². The number of rotatable bonds is 2. The number of nitrogens with two attached hydrogens (primary N) is 1. The van der Waals surface area contributed by atoms with Crippen molar-refractivity contribution in [3.63, 3.8) is 0 Å². The Hall–Kier alpha value is -1.75. The summed E-state index contributed by atoms with van der Waals surface area (Å²) in [6.45, 7) is 0. The third kappa shape index (κ3) is 1.63. The number of nitrogens with zero attached hydrogens (tertiary/aromatic N) is 3. The van der Waals surface area contributed by atoms with Gasteiger partial charge in [0.15, 0.2) is 0 Å². The van der Waals surface area contributed by atoms with E-state index in [2.05, 4.69) is 9.97 Å². The van der Waals surface area contributed by atoms with Crippen molar-refractivity contribution < 1.29 is 0 Å². The lowest BCUT2D eigenvalue weighted by molar-refractivity contribution is 0.895. The van der Waals surface area contributed by atoms with Crippen molar-refractivity contribution >= 4 is 17.2 Å². The molecule has 4 nitrogen and oxygen atoms in total. The fourth-order valence-electron chi connectivity index (χ4n) is 2.32. The first-order valence-corrected chi connectivity index (χ1v) is 5.98. The van der Waals surface area contributed by atoms with Gasteiger partial charge < -0.3 is 5.73 Å². The van der Waals surface area contributed by atoms with Crippen molar-refractivity contribution in [3.8, 4) is 5.82 Å². The number of hydrogen-bond donors (Lipinski definition) is 1. The van der Waals surface area contributed by atoms with Gasteiger partial charge in [-0.3, -0.25) is 4.57 Å². The van der Waals surface area contributed by atoms with Crippen LogP contribution in [0.3, 0.4) is 0 Å². The van der Waals surface area contributed by atoms with Gasteiger partial charge in [0.05, 0.1) is 5.69 Å². The first kappa shape index (κ1) is 10.4. The zero-order valence-electron chi connectivity index (χ0n) is 9.26. The minimum atomic E-state index is 0.389. The second-order valence-electron chi connectivity index (χ2n) is 4.10. The Morgan fingerprint density at radius 2 is 2.24 bits per heavy atom. The summed E-state index contributed by atoms with van der Waals surface area (Å²) in [6.07, 6.45) is 6.76. The Morgan fingerprint density at radius 1 is 1.35 bits per heavy atom. The van der Waals surface area contributed by atoms with Crippen molar-refractivity contribution in [2.24, 2.45) is 5.73 Å². The number of fused-ring (bicyclic) bond motifs is 1. The summed E-state index contributed by atoms with van der Waals surface area (Å²) in [7, 11) is 0. The van der Waals surface area contributed by atoms with Gasteiger partial charge in [-0.1, -0.05) is 12.2 Å². The molecule has 0 bridgehead atoms. The maximum Gasteiger partial charge on any atom is 0.144 e. The smallest absolute Gasteiger partial charge is 0.144 e. The van der Waals surface area contributed by atoms with Crippen LogP contribution >= 0.6 is 12.2 Å². The second kappa shape index (κ2) is 3.92. The quantitative estimate of drug-likeness (QED) is 0.811. The highest BCUT2D eigenvalue weighted by molar-refractivity contribution is 7.80. The molecule has 1 aliphatic carbocycles. The van der Waals surface area contributed by atoms with E-state index in [1.54, 1.807) is 6.33 Å². The highest BCUT2D eigenvalue weighted by atomic mass is 32.1. The van der Waals surface area contributed by atoms with E-state index < -0.39 is 0 Å². The Labute approximate surface area is 104 Å². The van der Waals surface area contributed by atoms with Gasteiger partial charge in [0.2, 0.25) is 0 Å². The molecule has 0 saturated carbocycles. The van der Waals surface area contributed by atoms with Crippen molar-refractivity contribution in [2.75, 3.05) is 0 Å². The predicted octanol–water partition coefficient (Wildman–Crippen LogP) is 1.39. The largest absolute Gasteiger partial charge is 0.388 e. The molecule has 86 valence electrons. The summed E-state index contributed by atoms with van der Waals surface area (Å²) in [5.74, 6) is 0.917. The molecule has 3 rings (SSSR count). The highest BCUT2D eigenvalue weighted by Crippen LogP contribution is 2.25. The van der Waals surface area contributed by atoms with Crippen LogP contribution in [0.2, 0.25) is 0 Å². The first-order valence-electron chi connectivity index (χ1n) is 5.57. The molecule has 0 amide bonds. The molecule has 0 aromatic carbocycles. The molecule has 0 unspecified atom stereocenters. The molecule has 2 N–H and O–H groups in total. The number of thiocarbonyl (C=S) groups is 1. The molecular weight excluding hydrogens is 232 g/mol. The van der Waals surface area contributed by atoms with Crippen LogP contribution in [0.5, 0.6) is 0 Å². The molecule has 17 heavy (non-hydrogen) atoms. The van der Waals surface area contributed by atoms with Gasteiger partial charge in [0.1, 0.15) is 17.1 Å². The molecular formula is C12H12N4S. The van der Waals surface area contributed by atoms with E-state index in [0.29, 0.717) is 4.99 Å². The maximum absolute atomic E-state index is 5.71. The molecule has 0 atom stereocenters. The van der Waals surface area contributed by atoms with E-state index in [1.165, 1.54) is 5.56 Å². The summed E-state index contributed by atoms with van der Waals surface area (Å²) in [6, 6.07) is 3.84. The Morgan fingerprint density at radius 3 is 3.06 bits per heavy atom. The lowest BCUT2D eigenvalue weighted by atomic mass is 10.2. The normalized spacial score (nSPS) is 13.6. The van der Waals surface area contributed by atoms with Crippen molar-refractivity contribution in [2.45, 2.75) is 19.3 Å². The number of aromatic nitrogens is 3. The first-order chi connectivity index (χ1) is 8.27. The monoisotopic (exact) mass is 244 g/mol. The Kier molecular flexibility index (Phi) is 2.40. The van der Waals surface area contributed by atoms with Gasteiger partial charge in [0, 0.05) is 17.5 Å². The summed E-state index contributed by atoms with van der Waals surface area (Å²) in [5.41, 5.74) is 8.91. The fourth-order valence-corrected chi connectivity index (χ4v) is 2.48. The molecule has 5 heteroatoms. The van der Waals surface area contributed by atoms with Crippen LogP contribution in [0, 0.1) is 0 Å². The third-order valence-corrected chi connectivity index (χ3v) is 3.29. The van der Waals surface area contributed by atoms with Crippen LogP contribution in [0.25, 0.3) is 5.82 Å². The van der Waals surface area contributed by atoms with Crippen LogP contribution in [0.4, 0.5) is 0 Å². The predicted molar refractivity (Wildman–Crippen MR) is 69.3 cm³/mol. The van der Waals surface area contributed by atoms with Crippen molar-refractivity contribution in [1.82, 2.24) is 14.5 Å². The molecule has 2 heterocycles.